The van der Waals surface area contributed by atoms with Gasteiger partial charge in [-0.05, 0) is 49.4 Å². The number of nitrogens with two attached hydrogens (primary N) is 1. The molecule has 3 N–H and O–H groups in total. The molecule has 0 radical (unpaired) electrons. The van der Waals surface area contributed by atoms with Crippen molar-refractivity contribution in [3.8, 4) is 11.1 Å². The van der Waals surface area contributed by atoms with Crippen LogP contribution in [0.4, 0.5) is 10.1 Å². The normalized spacial score (nSPS) is 11.2. The molecule has 2 aromatic heterocycles. The van der Waals surface area contributed by atoms with Crippen molar-refractivity contribution in [1.82, 2.24) is 14.1 Å². The molecule has 0 spiro atoms. The first-order chi connectivity index (χ1) is 16.3. The standard InChI is InChI=1S/C24H23BrFN5O2S/c1-4-28-14-6-8-15(9-7-14)34-22-17(12-27)19(16-11-13(26)5-10-18(16)25)20-21(29-22)30(2)24(33)31(3)23(20)32/h5-11,28H,4,12,27H2,1-3H3. The van der Waals surface area contributed by atoms with Crippen LogP contribution in [0, 0.1) is 5.82 Å². The highest BCUT2D eigenvalue weighted by atomic mass is 79.9. The number of hydrogen-bond donors (Lipinski definition) is 2. The topological polar surface area (TPSA) is 94.9 Å². The van der Waals surface area contributed by atoms with E-state index in [1.54, 1.807) is 13.1 Å². The Kier molecular flexibility index (Phi) is 6.92. The minimum absolute atomic E-state index is 0.0605. The van der Waals surface area contributed by atoms with E-state index in [1.807, 2.05) is 31.2 Å². The Morgan fingerprint density at radius 2 is 1.82 bits per heavy atom. The van der Waals surface area contributed by atoms with E-state index in [0.29, 0.717) is 26.2 Å². The van der Waals surface area contributed by atoms with Crippen molar-refractivity contribution in [2.24, 2.45) is 19.8 Å². The number of fused-ring (bicyclic) bond motifs is 1. The monoisotopic (exact) mass is 543 g/mol. The van der Waals surface area contributed by atoms with Crippen LogP contribution >= 0.6 is 27.7 Å². The molecule has 2 aromatic carbocycles. The fraction of sp³-hybridized carbons (Fsp3) is 0.208. The van der Waals surface area contributed by atoms with Gasteiger partial charge in [-0.25, -0.2) is 14.2 Å². The van der Waals surface area contributed by atoms with Crippen LogP contribution < -0.4 is 22.3 Å². The van der Waals surface area contributed by atoms with Gasteiger partial charge in [0.2, 0.25) is 0 Å². The first-order valence-corrected chi connectivity index (χ1v) is 12.2. The van der Waals surface area contributed by atoms with E-state index in [9.17, 15) is 14.0 Å². The van der Waals surface area contributed by atoms with Crippen molar-refractivity contribution in [2.45, 2.75) is 23.4 Å². The largest absolute Gasteiger partial charge is 0.385 e. The summed E-state index contributed by atoms with van der Waals surface area (Å²) in [4.78, 5) is 31.6. The predicted molar refractivity (Wildman–Crippen MR) is 138 cm³/mol. The van der Waals surface area contributed by atoms with Gasteiger partial charge in [0.25, 0.3) is 5.56 Å². The smallest absolute Gasteiger partial charge is 0.332 e. The third kappa shape index (κ3) is 4.28. The molecule has 7 nitrogen and oxygen atoms in total. The van der Waals surface area contributed by atoms with Gasteiger partial charge in [0.1, 0.15) is 10.8 Å². The highest BCUT2D eigenvalue weighted by Crippen LogP contribution is 2.40. The zero-order valence-corrected chi connectivity index (χ0v) is 21.3. The van der Waals surface area contributed by atoms with E-state index in [1.165, 1.54) is 35.5 Å². The van der Waals surface area contributed by atoms with E-state index in [2.05, 4.69) is 21.2 Å². The molecule has 176 valence electrons. The van der Waals surface area contributed by atoms with Crippen LogP contribution in [0.2, 0.25) is 0 Å². The van der Waals surface area contributed by atoms with Gasteiger partial charge in [-0.15, -0.1) is 0 Å². The number of halogens is 2. The Labute approximate surface area is 207 Å². The van der Waals surface area contributed by atoms with Gasteiger partial charge in [0, 0.05) is 58.9 Å². The van der Waals surface area contributed by atoms with E-state index in [4.69, 9.17) is 10.7 Å². The molecule has 34 heavy (non-hydrogen) atoms. The second kappa shape index (κ2) is 9.73. The molecule has 0 aliphatic carbocycles. The highest BCUT2D eigenvalue weighted by molar-refractivity contribution is 9.10. The van der Waals surface area contributed by atoms with Gasteiger partial charge >= 0.3 is 5.69 Å². The summed E-state index contributed by atoms with van der Waals surface area (Å²) >= 11 is 4.86. The summed E-state index contributed by atoms with van der Waals surface area (Å²) in [5, 5.41) is 4.01. The maximum absolute atomic E-state index is 14.3. The van der Waals surface area contributed by atoms with Crippen molar-refractivity contribution in [1.29, 1.82) is 0 Å². The van der Waals surface area contributed by atoms with E-state index < -0.39 is 17.1 Å². The fourth-order valence-electron chi connectivity index (χ4n) is 3.82. The summed E-state index contributed by atoms with van der Waals surface area (Å²) in [6.07, 6.45) is 0. The maximum atomic E-state index is 14.3. The van der Waals surface area contributed by atoms with Crippen molar-refractivity contribution in [3.63, 3.8) is 0 Å². The van der Waals surface area contributed by atoms with Crippen LogP contribution in [0.5, 0.6) is 0 Å². The van der Waals surface area contributed by atoms with Gasteiger partial charge in [-0.2, -0.15) is 0 Å². The molecule has 4 aromatic rings. The number of nitrogens with one attached hydrogen (secondary N) is 1. The molecule has 0 fully saturated rings. The first-order valence-electron chi connectivity index (χ1n) is 10.6. The summed E-state index contributed by atoms with van der Waals surface area (Å²) in [6.45, 7) is 2.89. The van der Waals surface area contributed by atoms with E-state index in [0.717, 1.165) is 21.7 Å². The molecule has 0 saturated carbocycles. The molecule has 2 heterocycles. The Morgan fingerprint density at radius 1 is 1.12 bits per heavy atom. The molecule has 0 aliphatic rings. The van der Waals surface area contributed by atoms with Crippen LogP contribution in [0.3, 0.4) is 0 Å². The zero-order chi connectivity index (χ0) is 24.6. The SMILES string of the molecule is CCNc1ccc(Sc2nc3c(c(-c4cc(F)ccc4Br)c2CN)c(=O)n(C)c(=O)n3C)cc1. The third-order valence-electron chi connectivity index (χ3n) is 5.50. The lowest BCUT2D eigenvalue weighted by molar-refractivity contribution is 0.628. The lowest BCUT2D eigenvalue weighted by Crippen LogP contribution is -2.37. The van der Waals surface area contributed by atoms with Crippen LogP contribution in [0.15, 0.2) is 66.4 Å². The van der Waals surface area contributed by atoms with Crippen molar-refractivity contribution < 1.29 is 4.39 Å². The first kappa shape index (κ1) is 24.2. The summed E-state index contributed by atoms with van der Waals surface area (Å²) in [6, 6.07) is 12.1. The predicted octanol–water partition coefficient (Wildman–Crippen LogP) is 4.24. The quantitative estimate of drug-likeness (QED) is 0.377. The molecule has 4 rings (SSSR count). The van der Waals surface area contributed by atoms with Crippen molar-refractivity contribution in [3.05, 3.63) is 79.2 Å². The number of benzene rings is 2. The number of aromatic nitrogens is 3. The Balaban J connectivity index is 2.07. The number of rotatable bonds is 6. The number of aryl methyl sites for hydroxylation is 1. The fourth-order valence-corrected chi connectivity index (χ4v) is 5.20. The second-order valence-electron chi connectivity index (χ2n) is 7.66. The van der Waals surface area contributed by atoms with Gasteiger partial charge in [0.05, 0.1) is 5.39 Å². The zero-order valence-electron chi connectivity index (χ0n) is 18.9. The van der Waals surface area contributed by atoms with E-state index >= 15 is 0 Å². The summed E-state index contributed by atoms with van der Waals surface area (Å²) in [7, 11) is 2.97. The van der Waals surface area contributed by atoms with Gasteiger partial charge in [-0.3, -0.25) is 13.9 Å². The van der Waals surface area contributed by atoms with Gasteiger partial charge in [0.15, 0.2) is 5.65 Å². The number of hydrogen-bond acceptors (Lipinski definition) is 6. The van der Waals surface area contributed by atoms with Crippen molar-refractivity contribution >= 4 is 44.4 Å². The summed E-state index contributed by atoms with van der Waals surface area (Å²) in [5.74, 6) is -0.457. The molecule has 0 unspecified atom stereocenters. The highest BCUT2D eigenvalue weighted by Gasteiger charge is 2.23. The Hall–Kier alpha value is -2.95. The van der Waals surface area contributed by atoms with Gasteiger partial charge < -0.3 is 11.1 Å². The Bertz CT molecular complexity index is 1520. The lowest BCUT2D eigenvalue weighted by atomic mass is 9.98. The second-order valence-corrected chi connectivity index (χ2v) is 9.58. The minimum atomic E-state index is -0.516. The average molecular weight is 544 g/mol. The van der Waals surface area contributed by atoms with E-state index in [-0.39, 0.29) is 17.6 Å². The summed E-state index contributed by atoms with van der Waals surface area (Å²) < 4.78 is 17.3. The molecule has 0 aliphatic heterocycles. The number of nitrogens with zero attached hydrogens (tertiary/aromatic N) is 3. The minimum Gasteiger partial charge on any atom is -0.385 e. The summed E-state index contributed by atoms with van der Waals surface area (Å²) in [5.41, 5.74) is 7.90. The van der Waals surface area contributed by atoms with Gasteiger partial charge in [-0.1, -0.05) is 27.7 Å². The molecule has 0 atom stereocenters. The molecular formula is C24H23BrFN5O2S. The molecule has 0 bridgehead atoms. The lowest BCUT2D eigenvalue weighted by Gasteiger charge is -2.18. The number of anilines is 1. The molecular weight excluding hydrogens is 521 g/mol. The van der Waals surface area contributed by atoms with Crippen LogP contribution in [-0.2, 0) is 20.6 Å². The van der Waals surface area contributed by atoms with Crippen LogP contribution in [-0.4, -0.2) is 20.7 Å². The average Bonchev–Trinajstić information content (AvgIpc) is 2.83. The van der Waals surface area contributed by atoms with Crippen molar-refractivity contribution in [2.75, 3.05) is 11.9 Å². The molecule has 0 saturated heterocycles. The maximum Gasteiger partial charge on any atom is 0.332 e. The van der Waals surface area contributed by atoms with Crippen LogP contribution in [0.25, 0.3) is 22.2 Å². The number of pyridine rings is 1. The molecule has 10 heteroatoms. The Morgan fingerprint density at radius 3 is 2.47 bits per heavy atom. The molecule has 0 amide bonds. The van der Waals surface area contributed by atoms with Crippen LogP contribution in [0.1, 0.15) is 12.5 Å². The third-order valence-corrected chi connectivity index (χ3v) is 7.23.